The summed E-state index contributed by atoms with van der Waals surface area (Å²) in [6.45, 7) is 5.43. The van der Waals surface area contributed by atoms with Gasteiger partial charge in [-0.15, -0.1) is 17.9 Å². The number of esters is 1. The fraction of sp³-hybridized carbons (Fsp3) is 0.263. The van der Waals surface area contributed by atoms with E-state index < -0.39 is 18.5 Å². The number of anilines is 2. The van der Waals surface area contributed by atoms with Crippen LogP contribution in [0.3, 0.4) is 0 Å². The first-order valence-electron chi connectivity index (χ1n) is 8.47. The number of amides is 2. The van der Waals surface area contributed by atoms with Crippen LogP contribution < -0.4 is 10.6 Å². The van der Waals surface area contributed by atoms with Crippen LogP contribution in [0.2, 0.25) is 0 Å². The zero-order valence-corrected chi connectivity index (χ0v) is 16.5. The smallest absolute Gasteiger partial charge is 0.358 e. The van der Waals surface area contributed by atoms with Gasteiger partial charge in [0.1, 0.15) is 0 Å². The third-order valence-electron chi connectivity index (χ3n) is 3.58. The number of hydrogen-bond acceptors (Lipinski definition) is 7. The molecule has 0 aliphatic heterocycles. The van der Waals surface area contributed by atoms with Crippen molar-refractivity contribution in [1.29, 1.82) is 0 Å². The zero-order chi connectivity index (χ0) is 20.5. The normalized spacial score (nSPS) is 10.1. The first-order chi connectivity index (χ1) is 13.4. The van der Waals surface area contributed by atoms with E-state index in [2.05, 4.69) is 22.2 Å². The molecule has 8 nitrogen and oxygen atoms in total. The summed E-state index contributed by atoms with van der Waals surface area (Å²) in [5, 5.41) is 7.76. The number of benzene rings is 1. The van der Waals surface area contributed by atoms with Crippen LogP contribution in [0, 0.1) is 6.92 Å². The maximum Gasteiger partial charge on any atom is 0.358 e. The van der Waals surface area contributed by atoms with Crippen molar-refractivity contribution >= 4 is 39.9 Å². The van der Waals surface area contributed by atoms with Crippen LogP contribution in [0.15, 0.2) is 42.3 Å². The second kappa shape index (κ2) is 10.2. The molecular formula is C19H22N4O4S. The number of ether oxygens (including phenoxy) is 1. The molecule has 0 radical (unpaired) electrons. The predicted molar refractivity (Wildman–Crippen MR) is 109 cm³/mol. The van der Waals surface area contributed by atoms with Crippen LogP contribution in [0.4, 0.5) is 10.8 Å². The summed E-state index contributed by atoms with van der Waals surface area (Å²) in [4.78, 5) is 41.3. The van der Waals surface area contributed by atoms with Gasteiger partial charge in [-0.25, -0.2) is 9.78 Å². The quantitative estimate of drug-likeness (QED) is 0.493. The second-order valence-electron chi connectivity index (χ2n) is 5.95. The van der Waals surface area contributed by atoms with Crippen LogP contribution in [-0.2, 0) is 14.3 Å². The highest BCUT2D eigenvalue weighted by molar-refractivity contribution is 7.13. The van der Waals surface area contributed by atoms with E-state index in [9.17, 15) is 14.4 Å². The number of likely N-dealkylation sites (N-methyl/N-ethyl adjacent to an activating group) is 1. The topological polar surface area (TPSA) is 101 Å². The van der Waals surface area contributed by atoms with E-state index in [0.29, 0.717) is 17.4 Å². The molecule has 0 atom stereocenters. The van der Waals surface area contributed by atoms with E-state index in [4.69, 9.17) is 4.74 Å². The van der Waals surface area contributed by atoms with Gasteiger partial charge < -0.3 is 20.3 Å². The molecule has 28 heavy (non-hydrogen) atoms. The van der Waals surface area contributed by atoms with Crippen molar-refractivity contribution in [3.8, 4) is 0 Å². The minimum absolute atomic E-state index is 0.115. The summed E-state index contributed by atoms with van der Waals surface area (Å²) in [7, 11) is 1.46. The molecule has 0 unspecified atom stereocenters. The number of carbonyl (C=O) groups is 3. The van der Waals surface area contributed by atoms with Gasteiger partial charge in [0.15, 0.2) is 17.4 Å². The van der Waals surface area contributed by atoms with Crippen LogP contribution in [-0.4, -0.2) is 54.4 Å². The SMILES string of the molecule is C=CCNc1nc(C(=O)OCC(=O)N(C)CC(=O)Nc2ccc(C)cc2)cs1. The minimum Gasteiger partial charge on any atom is -0.451 e. The Morgan fingerprint density at radius 1 is 1.29 bits per heavy atom. The molecule has 148 valence electrons. The van der Waals surface area contributed by atoms with Crippen molar-refractivity contribution in [3.05, 3.63) is 53.6 Å². The molecule has 2 rings (SSSR count). The maximum atomic E-state index is 12.1. The second-order valence-corrected chi connectivity index (χ2v) is 6.81. The number of carbonyl (C=O) groups excluding carboxylic acids is 3. The summed E-state index contributed by atoms with van der Waals surface area (Å²) >= 11 is 1.25. The third kappa shape index (κ3) is 6.51. The average Bonchev–Trinajstić information content (AvgIpc) is 3.15. The van der Waals surface area contributed by atoms with Gasteiger partial charge in [0.05, 0.1) is 6.54 Å². The zero-order valence-electron chi connectivity index (χ0n) is 15.7. The Kier molecular flexibility index (Phi) is 7.70. The van der Waals surface area contributed by atoms with Gasteiger partial charge in [0.25, 0.3) is 5.91 Å². The Bertz CT molecular complexity index is 848. The third-order valence-corrected chi connectivity index (χ3v) is 4.38. The Hall–Kier alpha value is -3.20. The summed E-state index contributed by atoms with van der Waals surface area (Å²) in [6.07, 6.45) is 1.67. The van der Waals surface area contributed by atoms with E-state index >= 15 is 0 Å². The highest BCUT2D eigenvalue weighted by atomic mass is 32.1. The van der Waals surface area contributed by atoms with Crippen molar-refractivity contribution < 1.29 is 19.1 Å². The van der Waals surface area contributed by atoms with E-state index in [1.807, 2.05) is 19.1 Å². The summed E-state index contributed by atoms with van der Waals surface area (Å²) in [6, 6.07) is 7.31. The molecule has 1 aromatic carbocycles. The summed E-state index contributed by atoms with van der Waals surface area (Å²) < 4.78 is 4.98. The number of aryl methyl sites for hydroxylation is 1. The summed E-state index contributed by atoms with van der Waals surface area (Å²) in [5.41, 5.74) is 1.84. The van der Waals surface area contributed by atoms with E-state index in [1.54, 1.807) is 18.2 Å². The molecular weight excluding hydrogens is 380 g/mol. The Morgan fingerprint density at radius 2 is 2.00 bits per heavy atom. The predicted octanol–water partition coefficient (Wildman–Crippen LogP) is 2.30. The van der Waals surface area contributed by atoms with Crippen molar-refractivity contribution in [2.45, 2.75) is 6.92 Å². The highest BCUT2D eigenvalue weighted by Gasteiger charge is 2.17. The van der Waals surface area contributed by atoms with Crippen LogP contribution in [0.5, 0.6) is 0 Å². The Balaban J connectivity index is 1.77. The molecule has 0 bridgehead atoms. The lowest BCUT2D eigenvalue weighted by Crippen LogP contribution is -2.37. The first kappa shape index (κ1) is 21.1. The Morgan fingerprint density at radius 3 is 2.68 bits per heavy atom. The van der Waals surface area contributed by atoms with E-state index in [0.717, 1.165) is 5.56 Å². The number of nitrogens with zero attached hydrogens (tertiary/aromatic N) is 2. The van der Waals surface area contributed by atoms with Crippen LogP contribution in [0.1, 0.15) is 16.1 Å². The van der Waals surface area contributed by atoms with E-state index in [1.165, 1.54) is 28.7 Å². The molecule has 0 saturated carbocycles. The standard InChI is InChI=1S/C19H22N4O4S/c1-4-9-20-19-22-15(12-28-19)18(26)27-11-17(25)23(3)10-16(24)21-14-7-5-13(2)6-8-14/h4-8,12H,1,9-11H2,2-3H3,(H,20,22)(H,21,24). The molecule has 0 aliphatic rings. The van der Waals surface area contributed by atoms with Gasteiger partial charge in [-0.3, -0.25) is 9.59 Å². The Labute approximate surface area is 167 Å². The molecule has 9 heteroatoms. The number of nitrogens with one attached hydrogen (secondary N) is 2. The van der Waals surface area contributed by atoms with Crippen molar-refractivity contribution in [3.63, 3.8) is 0 Å². The lowest BCUT2D eigenvalue weighted by molar-refractivity contribution is -0.136. The molecule has 0 spiro atoms. The first-order valence-corrected chi connectivity index (χ1v) is 9.35. The van der Waals surface area contributed by atoms with Gasteiger partial charge in [-0.2, -0.15) is 0 Å². The monoisotopic (exact) mass is 402 g/mol. The maximum absolute atomic E-state index is 12.1. The molecule has 2 aromatic rings. The molecule has 1 heterocycles. The lowest BCUT2D eigenvalue weighted by atomic mass is 10.2. The van der Waals surface area contributed by atoms with Gasteiger partial charge in [0, 0.05) is 24.7 Å². The molecule has 1 aromatic heterocycles. The van der Waals surface area contributed by atoms with E-state index in [-0.39, 0.29) is 18.1 Å². The molecule has 0 aliphatic carbocycles. The van der Waals surface area contributed by atoms with Gasteiger partial charge in [-0.1, -0.05) is 23.8 Å². The lowest BCUT2D eigenvalue weighted by Gasteiger charge is -2.16. The van der Waals surface area contributed by atoms with Gasteiger partial charge >= 0.3 is 5.97 Å². The van der Waals surface area contributed by atoms with Crippen LogP contribution >= 0.6 is 11.3 Å². The van der Waals surface area contributed by atoms with Crippen LogP contribution in [0.25, 0.3) is 0 Å². The largest absolute Gasteiger partial charge is 0.451 e. The number of thiazole rings is 1. The molecule has 0 saturated heterocycles. The summed E-state index contributed by atoms with van der Waals surface area (Å²) in [5.74, 6) is -1.54. The highest BCUT2D eigenvalue weighted by Crippen LogP contribution is 2.15. The van der Waals surface area contributed by atoms with Gasteiger partial charge in [0.2, 0.25) is 5.91 Å². The fourth-order valence-electron chi connectivity index (χ4n) is 2.06. The molecule has 0 fully saturated rings. The minimum atomic E-state index is -0.700. The number of aromatic nitrogens is 1. The van der Waals surface area contributed by atoms with Gasteiger partial charge in [-0.05, 0) is 19.1 Å². The van der Waals surface area contributed by atoms with Crippen molar-refractivity contribution in [1.82, 2.24) is 9.88 Å². The average molecular weight is 402 g/mol. The van der Waals surface area contributed by atoms with Crippen molar-refractivity contribution in [2.75, 3.05) is 37.4 Å². The number of rotatable bonds is 9. The molecule has 2 amide bonds. The van der Waals surface area contributed by atoms with Crippen molar-refractivity contribution in [2.24, 2.45) is 0 Å². The fourth-order valence-corrected chi connectivity index (χ4v) is 2.75. The molecule has 2 N–H and O–H groups in total. The number of hydrogen-bond donors (Lipinski definition) is 2.